The Balaban J connectivity index is 3.57. The van der Waals surface area contributed by atoms with Crippen LogP contribution in [0.25, 0.3) is 0 Å². The Kier molecular flexibility index (Phi) is 7.87. The molecule has 11 heavy (non-hydrogen) atoms. The second-order valence-corrected chi connectivity index (χ2v) is 1.91. The lowest BCUT2D eigenvalue weighted by Gasteiger charge is -1.72. The summed E-state index contributed by atoms with van der Waals surface area (Å²) in [6.07, 6.45) is 5.15. The average molecular weight is 148 g/mol. The van der Waals surface area contributed by atoms with Crippen molar-refractivity contribution < 1.29 is 5.11 Å². The van der Waals surface area contributed by atoms with Crippen molar-refractivity contribution in [1.29, 1.82) is 0 Å². The van der Waals surface area contributed by atoms with Gasteiger partial charge in [-0.1, -0.05) is 24.8 Å². The Labute approximate surface area is 68.1 Å². The molecule has 0 aliphatic heterocycles. The first-order chi connectivity index (χ1) is 5.41. The van der Waals surface area contributed by atoms with E-state index in [9.17, 15) is 0 Å². The van der Waals surface area contributed by atoms with Crippen LogP contribution in [0.2, 0.25) is 0 Å². The number of unbranched alkanes of at least 4 members (excludes halogenated alkanes) is 1. The Hall–Kier alpha value is -1.18. The lowest BCUT2D eigenvalue weighted by molar-refractivity contribution is 0.343. The van der Waals surface area contributed by atoms with Crippen molar-refractivity contribution in [2.75, 3.05) is 6.61 Å². The molecule has 0 rings (SSSR count). The number of aliphatic hydroxyl groups is 1. The molecule has 1 nitrogen and oxygen atoms in total. The lowest BCUT2D eigenvalue weighted by atomic mass is 10.3. The molecule has 1 heteroatoms. The average Bonchev–Trinajstić information content (AvgIpc) is 2.03. The predicted octanol–water partition coefficient (Wildman–Crippen LogP) is 1.34. The molecule has 0 aliphatic rings. The molecule has 0 aliphatic carbocycles. The van der Waals surface area contributed by atoms with Crippen molar-refractivity contribution in [3.8, 4) is 23.7 Å². The number of hydrogen-bond acceptors (Lipinski definition) is 1. The molecule has 0 aromatic rings. The SMILES string of the molecule is CCCC#CC#C/C=C/CO. The fourth-order valence-electron chi connectivity index (χ4n) is 0.421. The van der Waals surface area contributed by atoms with Crippen molar-refractivity contribution in [1.82, 2.24) is 0 Å². The van der Waals surface area contributed by atoms with Crippen molar-refractivity contribution >= 4 is 0 Å². The molecule has 0 aromatic carbocycles. The molecular weight excluding hydrogens is 136 g/mol. The first-order valence-corrected chi connectivity index (χ1v) is 3.66. The Morgan fingerprint density at radius 1 is 1.36 bits per heavy atom. The van der Waals surface area contributed by atoms with E-state index in [4.69, 9.17) is 5.11 Å². The molecule has 0 radical (unpaired) electrons. The summed E-state index contributed by atoms with van der Waals surface area (Å²) >= 11 is 0. The van der Waals surface area contributed by atoms with Gasteiger partial charge in [-0.3, -0.25) is 0 Å². The Bertz CT molecular complexity index is 217. The van der Waals surface area contributed by atoms with Gasteiger partial charge in [-0.05, 0) is 24.3 Å². The van der Waals surface area contributed by atoms with Crippen LogP contribution < -0.4 is 0 Å². The highest BCUT2D eigenvalue weighted by Gasteiger charge is 1.66. The second-order valence-electron chi connectivity index (χ2n) is 1.91. The van der Waals surface area contributed by atoms with Gasteiger partial charge in [0.15, 0.2) is 0 Å². The van der Waals surface area contributed by atoms with E-state index >= 15 is 0 Å². The molecule has 0 amide bonds. The van der Waals surface area contributed by atoms with Crippen molar-refractivity contribution in [2.45, 2.75) is 19.8 Å². The molecule has 0 heterocycles. The van der Waals surface area contributed by atoms with Gasteiger partial charge in [0.25, 0.3) is 0 Å². The van der Waals surface area contributed by atoms with E-state index in [-0.39, 0.29) is 6.61 Å². The van der Waals surface area contributed by atoms with Gasteiger partial charge in [0, 0.05) is 6.42 Å². The largest absolute Gasteiger partial charge is 0.392 e. The minimum Gasteiger partial charge on any atom is -0.392 e. The van der Waals surface area contributed by atoms with Crippen molar-refractivity contribution in [3.63, 3.8) is 0 Å². The zero-order valence-corrected chi connectivity index (χ0v) is 6.72. The summed E-state index contributed by atoms with van der Waals surface area (Å²) in [5, 5.41) is 8.32. The fourth-order valence-corrected chi connectivity index (χ4v) is 0.421. The molecule has 0 aromatic heterocycles. The van der Waals surface area contributed by atoms with E-state index in [0.29, 0.717) is 0 Å². The van der Waals surface area contributed by atoms with Gasteiger partial charge in [-0.15, -0.1) is 0 Å². The van der Waals surface area contributed by atoms with Gasteiger partial charge in [-0.2, -0.15) is 0 Å². The summed E-state index contributed by atoms with van der Waals surface area (Å²) < 4.78 is 0. The molecular formula is C10H12O. The summed E-state index contributed by atoms with van der Waals surface area (Å²) in [6.45, 7) is 2.12. The fraction of sp³-hybridized carbons (Fsp3) is 0.400. The zero-order chi connectivity index (χ0) is 8.36. The van der Waals surface area contributed by atoms with Crippen molar-refractivity contribution in [2.24, 2.45) is 0 Å². The Morgan fingerprint density at radius 2 is 2.18 bits per heavy atom. The van der Waals surface area contributed by atoms with Gasteiger partial charge in [0.2, 0.25) is 0 Å². The maximum absolute atomic E-state index is 8.32. The highest BCUT2D eigenvalue weighted by atomic mass is 16.2. The minimum absolute atomic E-state index is 0.0388. The zero-order valence-electron chi connectivity index (χ0n) is 6.72. The van der Waals surface area contributed by atoms with Gasteiger partial charge in [0.05, 0.1) is 6.61 Å². The van der Waals surface area contributed by atoms with Crippen LogP contribution in [0.4, 0.5) is 0 Å². The summed E-state index contributed by atoms with van der Waals surface area (Å²) in [6, 6.07) is 0. The van der Waals surface area contributed by atoms with E-state index in [1.165, 1.54) is 0 Å². The van der Waals surface area contributed by atoms with E-state index in [1.54, 1.807) is 12.2 Å². The summed E-state index contributed by atoms with van der Waals surface area (Å²) in [7, 11) is 0. The number of hydrogen-bond donors (Lipinski definition) is 1. The summed E-state index contributed by atoms with van der Waals surface area (Å²) in [5.74, 6) is 10.9. The van der Waals surface area contributed by atoms with Crippen LogP contribution in [0, 0.1) is 23.7 Å². The second kappa shape index (κ2) is 8.82. The maximum Gasteiger partial charge on any atom is 0.0621 e. The summed E-state index contributed by atoms with van der Waals surface area (Å²) in [4.78, 5) is 0. The van der Waals surface area contributed by atoms with Gasteiger partial charge in [0.1, 0.15) is 0 Å². The third-order valence-electron chi connectivity index (χ3n) is 0.905. The number of aliphatic hydroxyl groups excluding tert-OH is 1. The molecule has 0 fully saturated rings. The minimum atomic E-state index is 0.0388. The van der Waals surface area contributed by atoms with Crippen LogP contribution >= 0.6 is 0 Å². The number of rotatable bonds is 2. The van der Waals surface area contributed by atoms with E-state index in [1.807, 2.05) is 0 Å². The van der Waals surface area contributed by atoms with E-state index in [2.05, 4.69) is 30.6 Å². The Morgan fingerprint density at radius 3 is 2.82 bits per heavy atom. The third-order valence-corrected chi connectivity index (χ3v) is 0.905. The molecule has 0 saturated heterocycles. The first kappa shape index (κ1) is 9.82. The van der Waals surface area contributed by atoms with Gasteiger partial charge >= 0.3 is 0 Å². The van der Waals surface area contributed by atoms with Crippen LogP contribution in [0.5, 0.6) is 0 Å². The topological polar surface area (TPSA) is 20.2 Å². The van der Waals surface area contributed by atoms with Gasteiger partial charge < -0.3 is 5.11 Å². The molecule has 0 atom stereocenters. The van der Waals surface area contributed by atoms with E-state index in [0.717, 1.165) is 12.8 Å². The molecule has 0 saturated carbocycles. The highest BCUT2D eigenvalue weighted by Crippen LogP contribution is 1.79. The lowest BCUT2D eigenvalue weighted by Crippen LogP contribution is -1.67. The smallest absolute Gasteiger partial charge is 0.0621 e. The molecule has 0 bridgehead atoms. The third kappa shape index (κ3) is 8.82. The molecule has 0 spiro atoms. The van der Waals surface area contributed by atoms with Crippen LogP contribution in [0.1, 0.15) is 19.8 Å². The van der Waals surface area contributed by atoms with Crippen LogP contribution in [0.15, 0.2) is 12.2 Å². The monoisotopic (exact) mass is 148 g/mol. The van der Waals surface area contributed by atoms with Crippen LogP contribution in [-0.2, 0) is 0 Å². The van der Waals surface area contributed by atoms with Crippen LogP contribution in [-0.4, -0.2) is 11.7 Å². The molecule has 0 unspecified atom stereocenters. The molecule has 1 N–H and O–H groups in total. The molecule has 58 valence electrons. The van der Waals surface area contributed by atoms with Crippen molar-refractivity contribution in [3.05, 3.63) is 12.2 Å². The predicted molar refractivity (Wildman–Crippen MR) is 46.7 cm³/mol. The quantitative estimate of drug-likeness (QED) is 0.586. The normalized spacial score (nSPS) is 8.18. The highest BCUT2D eigenvalue weighted by molar-refractivity contribution is 5.30. The number of allylic oxidation sites excluding steroid dienone is 1. The summed E-state index contributed by atoms with van der Waals surface area (Å²) in [5.41, 5.74) is 0. The van der Waals surface area contributed by atoms with Gasteiger partial charge in [-0.25, -0.2) is 0 Å². The maximum atomic E-state index is 8.32. The van der Waals surface area contributed by atoms with E-state index < -0.39 is 0 Å². The van der Waals surface area contributed by atoms with Crippen LogP contribution in [0.3, 0.4) is 0 Å². The first-order valence-electron chi connectivity index (χ1n) is 3.66. The standard InChI is InChI=1S/C10H12O/c1-2-3-4-5-6-7-8-9-10-11/h8-9,11H,2-3,10H2,1H3/b9-8+.